The number of anilines is 1. The van der Waals surface area contributed by atoms with Crippen molar-refractivity contribution in [1.29, 1.82) is 0 Å². The van der Waals surface area contributed by atoms with E-state index in [2.05, 4.69) is 15.9 Å². The highest BCUT2D eigenvalue weighted by molar-refractivity contribution is 9.10. The van der Waals surface area contributed by atoms with Crippen LogP contribution in [0, 0.1) is 0 Å². The molecule has 2 aromatic carbocycles. The third-order valence-electron chi connectivity index (χ3n) is 4.05. The van der Waals surface area contributed by atoms with E-state index in [9.17, 15) is 14.4 Å². The van der Waals surface area contributed by atoms with Gasteiger partial charge in [-0.25, -0.2) is 9.69 Å². The zero-order chi connectivity index (χ0) is 22.5. The van der Waals surface area contributed by atoms with E-state index >= 15 is 0 Å². The summed E-state index contributed by atoms with van der Waals surface area (Å²) in [5, 5.41) is 0.00606. The van der Waals surface area contributed by atoms with Crippen molar-refractivity contribution in [3.8, 4) is 11.5 Å². The SMILES string of the molecule is CCOC(=O)COc1c(Br)cc(/C=C2/SC(=O)N(c3cccc(Cl)c3)C2=O)cc1OC. The van der Waals surface area contributed by atoms with Crippen LogP contribution >= 0.6 is 39.3 Å². The molecule has 1 heterocycles. The molecule has 10 heteroatoms. The van der Waals surface area contributed by atoms with Crippen LogP contribution in [0.3, 0.4) is 0 Å². The molecular formula is C21H17BrClNO6S. The van der Waals surface area contributed by atoms with Crippen molar-refractivity contribution in [2.45, 2.75) is 6.92 Å². The van der Waals surface area contributed by atoms with Crippen molar-refractivity contribution < 1.29 is 28.6 Å². The first kappa shape index (κ1) is 23.2. The van der Waals surface area contributed by atoms with Crippen LogP contribution < -0.4 is 14.4 Å². The van der Waals surface area contributed by atoms with Gasteiger partial charge >= 0.3 is 5.97 Å². The number of benzene rings is 2. The van der Waals surface area contributed by atoms with E-state index in [1.165, 1.54) is 7.11 Å². The number of ether oxygens (including phenoxy) is 3. The number of hydrogen-bond donors (Lipinski definition) is 0. The number of rotatable bonds is 7. The van der Waals surface area contributed by atoms with Gasteiger partial charge in [0, 0.05) is 5.02 Å². The van der Waals surface area contributed by atoms with Crippen molar-refractivity contribution >= 4 is 68.2 Å². The first-order valence-corrected chi connectivity index (χ1v) is 11.0. The number of halogens is 2. The van der Waals surface area contributed by atoms with Crippen LogP contribution in [-0.2, 0) is 14.3 Å². The maximum absolute atomic E-state index is 12.8. The maximum atomic E-state index is 12.8. The standard InChI is InChI=1S/C21H17BrClNO6S/c1-3-29-18(25)11-30-19-15(22)7-12(8-16(19)28-2)9-17-20(26)24(21(27)31-17)14-6-4-5-13(23)10-14/h4-10H,3,11H2,1-2H3/b17-9+. The molecule has 162 valence electrons. The Balaban J connectivity index is 1.86. The molecule has 0 spiro atoms. The molecule has 0 aromatic heterocycles. The molecule has 0 bridgehead atoms. The number of nitrogens with zero attached hydrogens (tertiary/aromatic N) is 1. The summed E-state index contributed by atoms with van der Waals surface area (Å²) in [6, 6.07) is 9.85. The van der Waals surface area contributed by atoms with Gasteiger partial charge in [-0.1, -0.05) is 17.7 Å². The number of methoxy groups -OCH3 is 1. The Kier molecular flexibility index (Phi) is 7.64. The van der Waals surface area contributed by atoms with Crippen molar-refractivity contribution in [3.63, 3.8) is 0 Å². The fraction of sp³-hybridized carbons (Fsp3) is 0.190. The number of carbonyl (C=O) groups excluding carboxylic acids is 3. The minimum absolute atomic E-state index is 0.249. The number of amides is 2. The van der Waals surface area contributed by atoms with Crippen LogP contribution in [0.2, 0.25) is 5.02 Å². The number of thioether (sulfide) groups is 1. The molecule has 0 unspecified atom stereocenters. The molecule has 0 atom stereocenters. The summed E-state index contributed by atoms with van der Waals surface area (Å²) in [4.78, 5) is 38.1. The Morgan fingerprint density at radius 1 is 1.26 bits per heavy atom. The summed E-state index contributed by atoms with van der Waals surface area (Å²) in [6.45, 7) is 1.68. The Labute approximate surface area is 196 Å². The van der Waals surface area contributed by atoms with E-state index in [1.807, 2.05) is 0 Å². The Hall–Kier alpha value is -2.49. The predicted octanol–water partition coefficient (Wildman–Crippen LogP) is 5.29. The average Bonchev–Trinajstić information content (AvgIpc) is 3.00. The third-order valence-corrected chi connectivity index (χ3v) is 5.74. The van der Waals surface area contributed by atoms with Crippen molar-refractivity contribution in [2.75, 3.05) is 25.2 Å². The van der Waals surface area contributed by atoms with Crippen LogP contribution in [-0.4, -0.2) is 37.4 Å². The third kappa shape index (κ3) is 5.41. The second kappa shape index (κ2) is 10.2. The van der Waals surface area contributed by atoms with Gasteiger partial charge in [0.25, 0.3) is 11.1 Å². The summed E-state index contributed by atoms with van der Waals surface area (Å²) >= 11 is 10.2. The smallest absolute Gasteiger partial charge is 0.344 e. The molecule has 0 saturated carbocycles. The lowest BCUT2D eigenvalue weighted by Gasteiger charge is -2.13. The highest BCUT2D eigenvalue weighted by Crippen LogP contribution is 2.40. The lowest BCUT2D eigenvalue weighted by atomic mass is 10.1. The molecule has 1 fully saturated rings. The minimum atomic E-state index is -0.504. The second-order valence-electron chi connectivity index (χ2n) is 6.12. The monoisotopic (exact) mass is 525 g/mol. The number of hydrogen-bond acceptors (Lipinski definition) is 7. The lowest BCUT2D eigenvalue weighted by Crippen LogP contribution is -2.27. The molecule has 2 aromatic rings. The first-order valence-electron chi connectivity index (χ1n) is 9.03. The van der Waals surface area contributed by atoms with Gasteiger partial charge in [-0.15, -0.1) is 0 Å². The molecular weight excluding hydrogens is 510 g/mol. The van der Waals surface area contributed by atoms with Crippen LogP contribution in [0.25, 0.3) is 6.08 Å². The Morgan fingerprint density at radius 3 is 2.71 bits per heavy atom. The van der Waals surface area contributed by atoms with E-state index in [4.69, 9.17) is 25.8 Å². The molecule has 1 aliphatic rings. The average molecular weight is 527 g/mol. The number of esters is 1. The summed E-state index contributed by atoms with van der Waals surface area (Å²) in [7, 11) is 1.45. The quantitative estimate of drug-likeness (QED) is 0.358. The maximum Gasteiger partial charge on any atom is 0.344 e. The molecule has 1 aliphatic heterocycles. The zero-order valence-electron chi connectivity index (χ0n) is 16.5. The fourth-order valence-corrected chi connectivity index (χ4v) is 4.35. The van der Waals surface area contributed by atoms with Gasteiger partial charge in [0.05, 0.1) is 28.8 Å². The van der Waals surface area contributed by atoms with Gasteiger partial charge in [-0.3, -0.25) is 9.59 Å². The molecule has 3 rings (SSSR count). The fourth-order valence-electron chi connectivity index (χ4n) is 2.75. The van der Waals surface area contributed by atoms with E-state index in [1.54, 1.807) is 49.4 Å². The highest BCUT2D eigenvalue weighted by Gasteiger charge is 2.36. The minimum Gasteiger partial charge on any atom is -0.493 e. The molecule has 0 radical (unpaired) electrons. The molecule has 31 heavy (non-hydrogen) atoms. The van der Waals surface area contributed by atoms with E-state index in [0.717, 1.165) is 16.7 Å². The molecule has 7 nitrogen and oxygen atoms in total. The predicted molar refractivity (Wildman–Crippen MR) is 123 cm³/mol. The van der Waals surface area contributed by atoms with Gasteiger partial charge in [0.15, 0.2) is 18.1 Å². The summed E-state index contributed by atoms with van der Waals surface area (Å²) < 4.78 is 16.2. The highest BCUT2D eigenvalue weighted by atomic mass is 79.9. The van der Waals surface area contributed by atoms with E-state index < -0.39 is 17.1 Å². The zero-order valence-corrected chi connectivity index (χ0v) is 19.7. The van der Waals surface area contributed by atoms with Gasteiger partial charge in [0.1, 0.15) is 0 Å². The van der Waals surface area contributed by atoms with E-state index in [-0.39, 0.29) is 18.1 Å². The van der Waals surface area contributed by atoms with Crippen molar-refractivity contribution in [1.82, 2.24) is 0 Å². The second-order valence-corrected chi connectivity index (χ2v) is 8.41. The normalized spacial score (nSPS) is 14.8. The van der Waals surface area contributed by atoms with Gasteiger partial charge < -0.3 is 14.2 Å². The number of carbonyl (C=O) groups is 3. The summed E-state index contributed by atoms with van der Waals surface area (Å²) in [5.74, 6) is -0.288. The Bertz CT molecular complexity index is 1070. The molecule has 1 saturated heterocycles. The van der Waals surface area contributed by atoms with E-state index in [0.29, 0.717) is 32.2 Å². The molecule has 2 amide bonds. The van der Waals surface area contributed by atoms with Crippen LogP contribution in [0.15, 0.2) is 45.8 Å². The molecule has 0 aliphatic carbocycles. The van der Waals surface area contributed by atoms with Crippen molar-refractivity contribution in [3.05, 3.63) is 56.4 Å². The first-order chi connectivity index (χ1) is 14.8. The van der Waals surface area contributed by atoms with Crippen LogP contribution in [0.5, 0.6) is 11.5 Å². The van der Waals surface area contributed by atoms with Crippen LogP contribution in [0.1, 0.15) is 12.5 Å². The van der Waals surface area contributed by atoms with Gasteiger partial charge in [-0.2, -0.15) is 0 Å². The lowest BCUT2D eigenvalue weighted by molar-refractivity contribution is -0.145. The number of imide groups is 1. The van der Waals surface area contributed by atoms with Crippen molar-refractivity contribution in [2.24, 2.45) is 0 Å². The largest absolute Gasteiger partial charge is 0.493 e. The molecule has 0 N–H and O–H groups in total. The van der Waals surface area contributed by atoms with Gasteiger partial charge in [-0.05, 0) is 76.6 Å². The van der Waals surface area contributed by atoms with Crippen LogP contribution in [0.4, 0.5) is 10.5 Å². The topological polar surface area (TPSA) is 82.1 Å². The Morgan fingerprint density at radius 2 is 2.03 bits per heavy atom. The summed E-state index contributed by atoms with van der Waals surface area (Å²) in [5.41, 5.74) is 1.00. The van der Waals surface area contributed by atoms with Gasteiger partial charge in [0.2, 0.25) is 0 Å². The summed E-state index contributed by atoms with van der Waals surface area (Å²) in [6.07, 6.45) is 1.58.